The molecule has 1 aliphatic rings. The third-order valence-corrected chi connectivity index (χ3v) is 4.95. The maximum atomic E-state index is 12.9. The summed E-state index contributed by atoms with van der Waals surface area (Å²) in [5, 5.41) is 3.27. The van der Waals surface area contributed by atoms with Gasteiger partial charge in [-0.2, -0.15) is 13.2 Å². The highest BCUT2D eigenvalue weighted by atomic mass is 35.5. The normalized spacial score (nSPS) is 15.3. The van der Waals surface area contributed by atoms with E-state index < -0.39 is 11.7 Å². The minimum absolute atomic E-state index is 0.173. The van der Waals surface area contributed by atoms with Crippen LogP contribution in [0.3, 0.4) is 0 Å². The average Bonchev–Trinajstić information content (AvgIpc) is 2.68. The van der Waals surface area contributed by atoms with Crippen molar-refractivity contribution >= 4 is 28.9 Å². The van der Waals surface area contributed by atoms with Crippen molar-refractivity contribution in [3.63, 3.8) is 0 Å². The van der Waals surface area contributed by atoms with Crippen LogP contribution in [0, 0.1) is 0 Å². The van der Waals surface area contributed by atoms with E-state index in [0.717, 1.165) is 12.1 Å². The van der Waals surface area contributed by atoms with Crippen LogP contribution in [0.2, 0.25) is 5.02 Å². The number of hydrogen-bond donors (Lipinski definition) is 1. The van der Waals surface area contributed by atoms with Crippen LogP contribution in [0.25, 0.3) is 0 Å². The van der Waals surface area contributed by atoms with Crippen LogP contribution in [0.15, 0.2) is 42.5 Å². The number of halogens is 4. The predicted octanol–water partition coefficient (Wildman–Crippen LogP) is 4.13. The third kappa shape index (κ3) is 5.55. The Hall–Kier alpha value is -2.45. The fraction of sp³-hybridized carbons (Fsp3) is 0.350. The van der Waals surface area contributed by atoms with Crippen LogP contribution in [-0.4, -0.2) is 50.6 Å². The van der Waals surface area contributed by atoms with Gasteiger partial charge in [-0.1, -0.05) is 17.7 Å². The Morgan fingerprint density at radius 3 is 2.52 bits per heavy atom. The number of nitrogens with one attached hydrogen (secondary N) is 1. The topological polar surface area (TPSA) is 44.8 Å². The summed E-state index contributed by atoms with van der Waals surface area (Å²) in [4.78, 5) is 16.2. The Morgan fingerprint density at radius 2 is 1.86 bits per heavy atom. The molecule has 1 fully saturated rings. The number of nitrogens with zero attached hydrogens (tertiary/aromatic N) is 2. The van der Waals surface area contributed by atoms with Crippen molar-refractivity contribution in [2.75, 3.05) is 50.1 Å². The zero-order chi connectivity index (χ0) is 21.0. The molecule has 2 aromatic carbocycles. The number of alkyl halides is 3. The van der Waals surface area contributed by atoms with Gasteiger partial charge in [-0.15, -0.1) is 0 Å². The number of piperazine rings is 1. The number of carbonyl (C=O) groups excluding carboxylic acids is 1. The first kappa shape index (κ1) is 21.3. The lowest BCUT2D eigenvalue weighted by molar-refractivity contribution is -0.137. The highest BCUT2D eigenvalue weighted by molar-refractivity contribution is 6.31. The zero-order valence-electron chi connectivity index (χ0n) is 15.8. The quantitative estimate of drug-likeness (QED) is 0.779. The van der Waals surface area contributed by atoms with Gasteiger partial charge in [0.15, 0.2) is 0 Å². The molecule has 5 nitrogen and oxygen atoms in total. The maximum Gasteiger partial charge on any atom is 0.416 e. The zero-order valence-corrected chi connectivity index (χ0v) is 16.6. The number of amides is 1. The third-order valence-electron chi connectivity index (χ3n) is 4.71. The van der Waals surface area contributed by atoms with Crippen molar-refractivity contribution < 1.29 is 22.7 Å². The molecule has 0 saturated carbocycles. The van der Waals surface area contributed by atoms with E-state index in [1.54, 1.807) is 24.3 Å². The Kier molecular flexibility index (Phi) is 6.54. The fourth-order valence-corrected chi connectivity index (χ4v) is 3.39. The minimum Gasteiger partial charge on any atom is -0.495 e. The summed E-state index contributed by atoms with van der Waals surface area (Å²) in [7, 11) is 1.51. The van der Waals surface area contributed by atoms with Crippen molar-refractivity contribution in [2.24, 2.45) is 0 Å². The summed E-state index contributed by atoms with van der Waals surface area (Å²) in [5.74, 6) is 0.301. The van der Waals surface area contributed by atoms with Crippen LogP contribution >= 0.6 is 11.6 Å². The number of ether oxygens (including phenoxy) is 1. The molecule has 1 amide bonds. The van der Waals surface area contributed by atoms with Crippen LogP contribution in [-0.2, 0) is 11.0 Å². The van der Waals surface area contributed by atoms with E-state index >= 15 is 0 Å². The summed E-state index contributed by atoms with van der Waals surface area (Å²) in [6.07, 6.45) is -4.36. The number of hydrogen-bond acceptors (Lipinski definition) is 4. The first-order valence-electron chi connectivity index (χ1n) is 9.04. The molecule has 3 rings (SSSR count). The van der Waals surface area contributed by atoms with E-state index in [1.807, 2.05) is 9.80 Å². The second-order valence-electron chi connectivity index (χ2n) is 6.70. The molecule has 1 N–H and O–H groups in total. The smallest absolute Gasteiger partial charge is 0.416 e. The molecule has 0 atom stereocenters. The van der Waals surface area contributed by atoms with E-state index in [-0.39, 0.29) is 12.5 Å². The van der Waals surface area contributed by atoms with Gasteiger partial charge < -0.3 is 15.0 Å². The molecule has 29 heavy (non-hydrogen) atoms. The molecule has 0 aliphatic carbocycles. The van der Waals surface area contributed by atoms with Gasteiger partial charge in [0.25, 0.3) is 0 Å². The summed E-state index contributed by atoms with van der Waals surface area (Å²) < 4.78 is 43.9. The number of benzene rings is 2. The van der Waals surface area contributed by atoms with Gasteiger partial charge in [0.05, 0.1) is 24.9 Å². The molecule has 156 valence electrons. The summed E-state index contributed by atoms with van der Waals surface area (Å²) in [6, 6.07) is 10.3. The average molecular weight is 428 g/mol. The molecule has 1 heterocycles. The lowest BCUT2D eigenvalue weighted by Gasteiger charge is -2.36. The van der Waals surface area contributed by atoms with Gasteiger partial charge in [0, 0.05) is 36.9 Å². The second kappa shape index (κ2) is 8.92. The lowest BCUT2D eigenvalue weighted by atomic mass is 10.1. The van der Waals surface area contributed by atoms with E-state index in [4.69, 9.17) is 16.3 Å². The molecule has 9 heteroatoms. The summed E-state index contributed by atoms with van der Waals surface area (Å²) in [6.45, 7) is 2.38. The first-order chi connectivity index (χ1) is 13.8. The number of anilines is 2. The van der Waals surface area contributed by atoms with Crippen LogP contribution < -0.4 is 15.0 Å². The molecule has 0 aromatic heterocycles. The SMILES string of the molecule is COc1ccc(Cl)cc1NC(=O)CN1CCN(c2cccc(C(F)(F)F)c2)CC1. The van der Waals surface area contributed by atoms with Crippen molar-refractivity contribution in [1.82, 2.24) is 4.90 Å². The maximum absolute atomic E-state index is 12.9. The Morgan fingerprint density at radius 1 is 1.14 bits per heavy atom. The largest absolute Gasteiger partial charge is 0.495 e. The molecule has 0 bridgehead atoms. The highest BCUT2D eigenvalue weighted by Crippen LogP contribution is 2.32. The lowest BCUT2D eigenvalue weighted by Crippen LogP contribution is -2.48. The van der Waals surface area contributed by atoms with Crippen LogP contribution in [0.5, 0.6) is 5.75 Å². The van der Waals surface area contributed by atoms with Gasteiger partial charge >= 0.3 is 6.18 Å². The molecule has 1 saturated heterocycles. The van der Waals surface area contributed by atoms with Crippen LogP contribution in [0.4, 0.5) is 24.5 Å². The number of rotatable bonds is 5. The van der Waals surface area contributed by atoms with Gasteiger partial charge in [-0.05, 0) is 36.4 Å². The Bertz CT molecular complexity index is 868. The molecule has 0 unspecified atom stereocenters. The molecule has 0 radical (unpaired) electrons. The molecular formula is C20H21ClF3N3O2. The van der Waals surface area contributed by atoms with Gasteiger partial charge in [0.2, 0.25) is 5.91 Å². The standard InChI is InChI=1S/C20H21ClF3N3O2/c1-29-18-6-5-15(21)12-17(18)25-19(28)13-26-7-9-27(10-8-26)16-4-2-3-14(11-16)20(22,23)24/h2-6,11-12H,7-10,13H2,1H3,(H,25,28). The second-order valence-corrected chi connectivity index (χ2v) is 7.14. The van der Waals surface area contributed by atoms with Gasteiger partial charge in [-0.3, -0.25) is 9.69 Å². The van der Waals surface area contributed by atoms with E-state index in [2.05, 4.69) is 5.32 Å². The number of carbonyl (C=O) groups is 1. The van der Waals surface area contributed by atoms with Crippen molar-refractivity contribution in [1.29, 1.82) is 0 Å². The fourth-order valence-electron chi connectivity index (χ4n) is 3.21. The highest BCUT2D eigenvalue weighted by Gasteiger charge is 2.31. The van der Waals surface area contributed by atoms with Gasteiger partial charge in [0.1, 0.15) is 5.75 Å². The van der Waals surface area contributed by atoms with Crippen molar-refractivity contribution in [3.05, 3.63) is 53.1 Å². The minimum atomic E-state index is -4.36. The Balaban J connectivity index is 1.55. The summed E-state index contributed by atoms with van der Waals surface area (Å²) >= 11 is 5.97. The van der Waals surface area contributed by atoms with Crippen molar-refractivity contribution in [3.8, 4) is 5.75 Å². The van der Waals surface area contributed by atoms with Crippen LogP contribution in [0.1, 0.15) is 5.56 Å². The summed E-state index contributed by atoms with van der Waals surface area (Å²) in [5.41, 5.74) is 0.368. The molecular weight excluding hydrogens is 407 g/mol. The van der Waals surface area contributed by atoms with Gasteiger partial charge in [-0.25, -0.2) is 0 Å². The van der Waals surface area contributed by atoms with E-state index in [0.29, 0.717) is 48.3 Å². The van der Waals surface area contributed by atoms with E-state index in [1.165, 1.54) is 13.2 Å². The first-order valence-corrected chi connectivity index (χ1v) is 9.42. The predicted molar refractivity (Wildman–Crippen MR) is 107 cm³/mol. The van der Waals surface area contributed by atoms with E-state index in [9.17, 15) is 18.0 Å². The molecule has 2 aromatic rings. The monoisotopic (exact) mass is 427 g/mol. The van der Waals surface area contributed by atoms with Crippen molar-refractivity contribution in [2.45, 2.75) is 6.18 Å². The Labute approximate surface area is 172 Å². The number of methoxy groups -OCH3 is 1. The molecule has 0 spiro atoms. The molecule has 1 aliphatic heterocycles.